The molecule has 2 rings (SSSR count). The summed E-state index contributed by atoms with van der Waals surface area (Å²) in [6.07, 6.45) is 3.50. The Bertz CT molecular complexity index is 744. The van der Waals surface area contributed by atoms with Gasteiger partial charge in [0.2, 0.25) is 0 Å². The molecule has 27 heavy (non-hydrogen) atoms. The number of benzene rings is 2. The Hall–Kier alpha value is -1.56. The number of hydrogen-bond donors (Lipinski definition) is 0. The summed E-state index contributed by atoms with van der Waals surface area (Å²) in [6, 6.07) is 15.7. The highest BCUT2D eigenvalue weighted by molar-refractivity contribution is 5.50. The molecule has 0 aliphatic rings. The predicted octanol–water partition coefficient (Wildman–Crippen LogP) is 7.75. The topological polar surface area (TPSA) is 0 Å². The Kier molecular flexibility index (Phi) is 6.30. The molecule has 0 aromatic heterocycles. The van der Waals surface area contributed by atoms with Crippen molar-refractivity contribution in [3.8, 4) is 0 Å². The Labute approximate surface area is 168 Å². The fourth-order valence-electron chi connectivity index (χ4n) is 4.21. The lowest BCUT2D eigenvalue weighted by atomic mass is 9.69. The normalized spacial score (nSPS) is 13.1. The highest BCUT2D eigenvalue weighted by Crippen LogP contribution is 2.41. The van der Waals surface area contributed by atoms with Gasteiger partial charge in [0.25, 0.3) is 0 Å². The van der Waals surface area contributed by atoms with E-state index < -0.39 is 0 Å². The lowest BCUT2D eigenvalue weighted by molar-refractivity contribution is 0.512. The highest BCUT2D eigenvalue weighted by Gasteiger charge is 2.31. The van der Waals surface area contributed by atoms with E-state index in [1.54, 1.807) is 11.1 Å². The second-order valence-corrected chi connectivity index (χ2v) is 11.1. The molecule has 0 radical (unpaired) electrons. The van der Waals surface area contributed by atoms with Crippen molar-refractivity contribution in [2.45, 2.75) is 97.8 Å². The fraction of sp³-hybridized carbons (Fsp3) is 0.556. The lowest BCUT2D eigenvalue weighted by Crippen LogP contribution is -2.27. The summed E-state index contributed by atoms with van der Waals surface area (Å²) in [5, 5.41) is 0. The molecule has 0 fully saturated rings. The van der Waals surface area contributed by atoms with Gasteiger partial charge >= 0.3 is 0 Å². The van der Waals surface area contributed by atoms with Crippen LogP contribution < -0.4 is 0 Å². The van der Waals surface area contributed by atoms with Crippen molar-refractivity contribution in [1.82, 2.24) is 0 Å². The molecule has 0 unspecified atom stereocenters. The second kappa shape index (κ2) is 7.82. The van der Waals surface area contributed by atoms with Crippen LogP contribution in [0.25, 0.3) is 0 Å². The molecule has 0 aliphatic carbocycles. The SMILES string of the molecule is CC(C)(C)c1ccc(C(C)(C)C)c(C(C)(C)C)c1CCCc1ccccc1. The zero-order valence-corrected chi connectivity index (χ0v) is 19.2. The van der Waals surface area contributed by atoms with Gasteiger partial charge in [0.1, 0.15) is 0 Å². The average molecular weight is 365 g/mol. The van der Waals surface area contributed by atoms with Crippen LogP contribution in [-0.4, -0.2) is 0 Å². The third-order valence-corrected chi connectivity index (χ3v) is 5.41. The third kappa shape index (κ3) is 5.47. The van der Waals surface area contributed by atoms with Crippen molar-refractivity contribution >= 4 is 0 Å². The van der Waals surface area contributed by atoms with Crippen molar-refractivity contribution in [1.29, 1.82) is 0 Å². The molecule has 0 nitrogen and oxygen atoms in total. The first-order chi connectivity index (χ1) is 12.3. The number of aryl methyl sites for hydroxylation is 1. The van der Waals surface area contributed by atoms with E-state index in [2.05, 4.69) is 105 Å². The van der Waals surface area contributed by atoms with Crippen LogP contribution in [0.15, 0.2) is 42.5 Å². The van der Waals surface area contributed by atoms with Crippen LogP contribution in [0.2, 0.25) is 0 Å². The minimum absolute atomic E-state index is 0.145. The van der Waals surface area contributed by atoms with Crippen molar-refractivity contribution < 1.29 is 0 Å². The molecule has 0 bridgehead atoms. The van der Waals surface area contributed by atoms with Crippen molar-refractivity contribution in [3.05, 3.63) is 70.3 Å². The zero-order chi connectivity index (χ0) is 20.5. The maximum absolute atomic E-state index is 2.41. The smallest absolute Gasteiger partial charge is 0.0126 e. The van der Waals surface area contributed by atoms with Gasteiger partial charge in [-0.1, -0.05) is 105 Å². The van der Waals surface area contributed by atoms with Gasteiger partial charge in [0, 0.05) is 0 Å². The van der Waals surface area contributed by atoms with Gasteiger partial charge in [-0.2, -0.15) is 0 Å². The predicted molar refractivity (Wildman–Crippen MR) is 121 cm³/mol. The summed E-state index contributed by atoms with van der Waals surface area (Å²) in [7, 11) is 0. The van der Waals surface area contributed by atoms with Gasteiger partial charge in [0.15, 0.2) is 0 Å². The van der Waals surface area contributed by atoms with Gasteiger partial charge in [-0.15, -0.1) is 0 Å². The van der Waals surface area contributed by atoms with Crippen LogP contribution in [0.3, 0.4) is 0 Å². The van der Waals surface area contributed by atoms with E-state index in [1.807, 2.05) is 0 Å². The third-order valence-electron chi connectivity index (χ3n) is 5.41. The molecular weight excluding hydrogens is 324 g/mol. The number of rotatable bonds is 4. The summed E-state index contributed by atoms with van der Waals surface area (Å²) in [4.78, 5) is 0. The molecule has 2 aromatic carbocycles. The van der Waals surface area contributed by atoms with Gasteiger partial charge in [-0.3, -0.25) is 0 Å². The lowest BCUT2D eigenvalue weighted by Gasteiger charge is -2.36. The maximum Gasteiger partial charge on any atom is -0.0126 e. The molecule has 0 heterocycles. The molecular formula is C27H40. The van der Waals surface area contributed by atoms with E-state index in [0.29, 0.717) is 0 Å². The van der Waals surface area contributed by atoms with E-state index in [4.69, 9.17) is 0 Å². The van der Waals surface area contributed by atoms with E-state index in [9.17, 15) is 0 Å². The maximum atomic E-state index is 2.41. The fourth-order valence-corrected chi connectivity index (χ4v) is 4.21. The van der Waals surface area contributed by atoms with E-state index in [1.165, 1.54) is 23.1 Å². The molecule has 0 spiro atoms. The standard InChI is InChI=1S/C27H40/c1-25(2,3)22-18-19-23(26(4,5)6)24(27(7,8)9)21(22)17-13-16-20-14-11-10-12-15-20/h10-12,14-15,18-19H,13,16-17H2,1-9H3. The second-order valence-electron chi connectivity index (χ2n) is 11.1. The molecule has 148 valence electrons. The average Bonchev–Trinajstić information content (AvgIpc) is 2.52. The summed E-state index contributed by atoms with van der Waals surface area (Å²) in [5.74, 6) is 0. The van der Waals surface area contributed by atoms with Crippen LogP contribution in [0.4, 0.5) is 0 Å². The van der Waals surface area contributed by atoms with Crippen molar-refractivity contribution in [2.24, 2.45) is 0 Å². The molecule has 2 aromatic rings. The highest BCUT2D eigenvalue weighted by atomic mass is 14.4. The van der Waals surface area contributed by atoms with Crippen LogP contribution in [-0.2, 0) is 29.1 Å². The van der Waals surface area contributed by atoms with Crippen LogP contribution in [0.1, 0.15) is 96.6 Å². The Balaban J connectivity index is 2.52. The first-order valence-corrected chi connectivity index (χ1v) is 10.5. The molecule has 0 amide bonds. The first-order valence-electron chi connectivity index (χ1n) is 10.5. The monoisotopic (exact) mass is 364 g/mol. The Morgan fingerprint density at radius 3 is 1.56 bits per heavy atom. The molecule has 0 N–H and O–H groups in total. The largest absolute Gasteiger partial charge is 0.0622 e. The summed E-state index contributed by atoms with van der Waals surface area (Å²) in [6.45, 7) is 21.2. The van der Waals surface area contributed by atoms with Crippen molar-refractivity contribution in [3.63, 3.8) is 0 Å². The Morgan fingerprint density at radius 2 is 1.07 bits per heavy atom. The minimum Gasteiger partial charge on any atom is -0.0622 e. The summed E-state index contributed by atoms with van der Waals surface area (Å²) >= 11 is 0. The summed E-state index contributed by atoms with van der Waals surface area (Å²) < 4.78 is 0. The van der Waals surface area contributed by atoms with Gasteiger partial charge in [-0.05, 0) is 63.3 Å². The molecule has 0 saturated carbocycles. The van der Waals surface area contributed by atoms with E-state index in [-0.39, 0.29) is 16.2 Å². The van der Waals surface area contributed by atoms with Gasteiger partial charge < -0.3 is 0 Å². The minimum atomic E-state index is 0.145. The van der Waals surface area contributed by atoms with E-state index in [0.717, 1.165) is 12.8 Å². The van der Waals surface area contributed by atoms with Crippen LogP contribution in [0.5, 0.6) is 0 Å². The number of hydrogen-bond acceptors (Lipinski definition) is 0. The molecule has 0 atom stereocenters. The van der Waals surface area contributed by atoms with E-state index >= 15 is 0 Å². The van der Waals surface area contributed by atoms with Gasteiger partial charge in [0.05, 0.1) is 0 Å². The zero-order valence-electron chi connectivity index (χ0n) is 19.2. The van der Waals surface area contributed by atoms with Crippen molar-refractivity contribution in [2.75, 3.05) is 0 Å². The summed E-state index contributed by atoms with van der Waals surface area (Å²) in [5.41, 5.74) is 8.12. The molecule has 0 saturated heterocycles. The quantitative estimate of drug-likeness (QED) is 0.520. The Morgan fingerprint density at radius 1 is 0.556 bits per heavy atom. The molecule has 0 aliphatic heterocycles. The van der Waals surface area contributed by atoms with Crippen LogP contribution >= 0.6 is 0 Å². The van der Waals surface area contributed by atoms with Gasteiger partial charge in [-0.25, -0.2) is 0 Å². The first kappa shape index (κ1) is 21.7. The van der Waals surface area contributed by atoms with Crippen LogP contribution in [0, 0.1) is 0 Å². The molecule has 0 heteroatoms.